The van der Waals surface area contributed by atoms with Gasteiger partial charge in [-0.2, -0.15) is 0 Å². The highest BCUT2D eigenvalue weighted by Crippen LogP contribution is 2.28. The maximum Gasteiger partial charge on any atom is 0.513 e. The van der Waals surface area contributed by atoms with E-state index in [1.54, 1.807) is 6.20 Å². The van der Waals surface area contributed by atoms with E-state index in [4.69, 9.17) is 4.74 Å². The second kappa shape index (κ2) is 5.71. The summed E-state index contributed by atoms with van der Waals surface area (Å²) < 4.78 is 9.64. The number of fused-ring (bicyclic) bond motifs is 1. The number of aromatic amines is 1. The van der Waals surface area contributed by atoms with Gasteiger partial charge in [-0.25, -0.2) is 4.79 Å². The van der Waals surface area contributed by atoms with Gasteiger partial charge in [-0.05, 0) is 26.1 Å². The molecule has 0 aromatic carbocycles. The molecule has 0 spiro atoms. The summed E-state index contributed by atoms with van der Waals surface area (Å²) in [5.41, 5.74) is 1.93. The molecule has 2 aromatic heterocycles. The minimum atomic E-state index is -0.742. The van der Waals surface area contributed by atoms with Crippen LogP contribution in [0.15, 0.2) is 18.6 Å². The van der Waals surface area contributed by atoms with Crippen LogP contribution in [0.25, 0.3) is 10.9 Å². The Balaban J connectivity index is 2.34. The molecule has 0 amide bonds. The predicted molar refractivity (Wildman–Crippen MR) is 71.4 cm³/mol. The fourth-order valence-electron chi connectivity index (χ4n) is 1.87. The number of H-pyrrole nitrogens is 1. The molecule has 2 rings (SSSR count). The van der Waals surface area contributed by atoms with E-state index in [2.05, 4.69) is 19.6 Å². The van der Waals surface area contributed by atoms with E-state index in [-0.39, 0.29) is 0 Å². The molecule has 6 heteroatoms. The van der Waals surface area contributed by atoms with Crippen LogP contribution >= 0.6 is 0 Å². The number of hydrogen-bond donors (Lipinski definition) is 1. The molecule has 0 radical (unpaired) electrons. The number of nitrogens with one attached hydrogen (secondary N) is 1. The molecule has 0 unspecified atom stereocenters. The lowest BCUT2D eigenvalue weighted by Gasteiger charge is -2.09. The number of ether oxygens (including phenoxy) is 2. The van der Waals surface area contributed by atoms with E-state index >= 15 is 0 Å². The fraction of sp³-hybridized carbons (Fsp3) is 0.385. The van der Waals surface area contributed by atoms with Gasteiger partial charge >= 0.3 is 6.16 Å². The largest absolute Gasteiger partial charge is 0.513 e. The first-order valence-corrected chi connectivity index (χ1v) is 5.96. The molecular formula is C13H17N3O3. The van der Waals surface area contributed by atoms with Gasteiger partial charge in [0.2, 0.25) is 0 Å². The average molecular weight is 263 g/mol. The van der Waals surface area contributed by atoms with Crippen molar-refractivity contribution in [3.05, 3.63) is 24.2 Å². The molecule has 0 aliphatic carbocycles. The number of carbonyl (C=O) groups excluding carboxylic acids is 1. The van der Waals surface area contributed by atoms with Crippen LogP contribution in [0.3, 0.4) is 0 Å². The van der Waals surface area contributed by atoms with Gasteiger partial charge in [-0.15, -0.1) is 0 Å². The summed E-state index contributed by atoms with van der Waals surface area (Å²) in [4.78, 5) is 20.5. The summed E-state index contributed by atoms with van der Waals surface area (Å²) in [7, 11) is 5.31. The van der Waals surface area contributed by atoms with Crippen molar-refractivity contribution in [2.45, 2.75) is 6.42 Å². The second-order valence-electron chi connectivity index (χ2n) is 4.48. The molecule has 102 valence electrons. The maximum absolute atomic E-state index is 11.2. The number of hydrogen-bond acceptors (Lipinski definition) is 5. The summed E-state index contributed by atoms with van der Waals surface area (Å²) in [6.07, 6.45) is 5.26. The Morgan fingerprint density at radius 3 is 2.89 bits per heavy atom. The van der Waals surface area contributed by atoms with Crippen molar-refractivity contribution in [2.24, 2.45) is 0 Å². The van der Waals surface area contributed by atoms with Crippen LogP contribution in [-0.4, -0.2) is 48.8 Å². The lowest BCUT2D eigenvalue weighted by atomic mass is 10.1. The van der Waals surface area contributed by atoms with Gasteiger partial charge in [0.1, 0.15) is 0 Å². The number of nitrogens with zero attached hydrogens (tertiary/aromatic N) is 2. The van der Waals surface area contributed by atoms with Crippen LogP contribution in [-0.2, 0) is 11.2 Å². The van der Waals surface area contributed by atoms with Crippen molar-refractivity contribution < 1.29 is 14.3 Å². The number of pyridine rings is 1. The molecule has 0 bridgehead atoms. The van der Waals surface area contributed by atoms with Crippen LogP contribution in [0.5, 0.6) is 5.75 Å². The molecule has 0 aliphatic rings. The normalized spacial score (nSPS) is 10.9. The average Bonchev–Trinajstić information content (AvgIpc) is 2.80. The molecule has 0 atom stereocenters. The molecule has 6 nitrogen and oxygen atoms in total. The number of carbonyl (C=O) groups is 1. The Hall–Kier alpha value is -2.08. The smallest absolute Gasteiger partial charge is 0.437 e. The highest BCUT2D eigenvalue weighted by molar-refractivity contribution is 5.89. The van der Waals surface area contributed by atoms with Gasteiger partial charge in [0.05, 0.1) is 25.0 Å². The second-order valence-corrected chi connectivity index (χ2v) is 4.48. The van der Waals surface area contributed by atoms with Crippen LogP contribution in [0.1, 0.15) is 5.56 Å². The van der Waals surface area contributed by atoms with E-state index < -0.39 is 6.16 Å². The third-order valence-electron chi connectivity index (χ3n) is 2.82. The zero-order chi connectivity index (χ0) is 13.8. The van der Waals surface area contributed by atoms with Gasteiger partial charge < -0.3 is 19.4 Å². The summed E-state index contributed by atoms with van der Waals surface area (Å²) in [5.74, 6) is 0.416. The zero-order valence-electron chi connectivity index (χ0n) is 11.3. The SMILES string of the molecule is COC(=O)Oc1cncc2[nH]cc(CCN(C)C)c12. The minimum absolute atomic E-state index is 0.416. The van der Waals surface area contributed by atoms with Crippen molar-refractivity contribution >= 4 is 17.1 Å². The van der Waals surface area contributed by atoms with Crippen molar-refractivity contribution in [3.8, 4) is 5.75 Å². The van der Waals surface area contributed by atoms with Crippen molar-refractivity contribution in [2.75, 3.05) is 27.7 Å². The van der Waals surface area contributed by atoms with E-state index in [0.717, 1.165) is 29.4 Å². The predicted octanol–water partition coefficient (Wildman–Crippen LogP) is 1.81. The summed E-state index contributed by atoms with van der Waals surface area (Å²) in [6.45, 7) is 0.910. The van der Waals surface area contributed by atoms with E-state index in [1.807, 2.05) is 20.3 Å². The molecule has 2 aromatic rings. The fourth-order valence-corrected chi connectivity index (χ4v) is 1.87. The minimum Gasteiger partial charge on any atom is -0.437 e. The Labute approximate surface area is 111 Å². The number of aromatic nitrogens is 2. The lowest BCUT2D eigenvalue weighted by molar-refractivity contribution is 0.122. The molecule has 0 aliphatic heterocycles. The lowest BCUT2D eigenvalue weighted by Crippen LogP contribution is -2.15. The number of likely N-dealkylation sites (N-methyl/N-ethyl adjacent to an activating group) is 1. The van der Waals surface area contributed by atoms with Crippen LogP contribution in [0, 0.1) is 0 Å². The third-order valence-corrected chi connectivity index (χ3v) is 2.82. The zero-order valence-corrected chi connectivity index (χ0v) is 11.3. The monoisotopic (exact) mass is 263 g/mol. The van der Waals surface area contributed by atoms with E-state index in [1.165, 1.54) is 13.3 Å². The van der Waals surface area contributed by atoms with E-state index in [9.17, 15) is 4.79 Å². The molecule has 0 saturated heterocycles. The maximum atomic E-state index is 11.2. The summed E-state index contributed by atoms with van der Waals surface area (Å²) >= 11 is 0. The standard InChI is InChI=1S/C13H17N3O3/c1-16(2)5-4-9-6-15-10-7-14-8-11(12(9)10)19-13(17)18-3/h6-8,15H,4-5H2,1-3H3. The first-order chi connectivity index (χ1) is 9.11. The van der Waals surface area contributed by atoms with Crippen LogP contribution in [0.4, 0.5) is 4.79 Å². The van der Waals surface area contributed by atoms with Gasteiger partial charge in [-0.3, -0.25) is 4.98 Å². The molecular weight excluding hydrogens is 246 g/mol. The quantitative estimate of drug-likeness (QED) is 0.852. The van der Waals surface area contributed by atoms with Crippen molar-refractivity contribution in [3.63, 3.8) is 0 Å². The van der Waals surface area contributed by atoms with Crippen LogP contribution in [0.2, 0.25) is 0 Å². The molecule has 1 N–H and O–H groups in total. The molecule has 0 fully saturated rings. The van der Waals surface area contributed by atoms with Crippen LogP contribution < -0.4 is 4.74 Å². The Morgan fingerprint density at radius 1 is 1.42 bits per heavy atom. The molecule has 19 heavy (non-hydrogen) atoms. The number of methoxy groups -OCH3 is 1. The third kappa shape index (κ3) is 3.03. The molecule has 0 saturated carbocycles. The molecule has 2 heterocycles. The Morgan fingerprint density at radius 2 is 2.21 bits per heavy atom. The summed E-state index contributed by atoms with van der Waals surface area (Å²) in [6, 6.07) is 0. The number of rotatable bonds is 4. The van der Waals surface area contributed by atoms with Crippen molar-refractivity contribution in [1.82, 2.24) is 14.9 Å². The first-order valence-electron chi connectivity index (χ1n) is 5.96. The Kier molecular flexibility index (Phi) is 4.01. The van der Waals surface area contributed by atoms with Gasteiger partial charge in [-0.1, -0.05) is 0 Å². The van der Waals surface area contributed by atoms with E-state index in [0.29, 0.717) is 5.75 Å². The van der Waals surface area contributed by atoms with Crippen molar-refractivity contribution in [1.29, 1.82) is 0 Å². The topological polar surface area (TPSA) is 67.5 Å². The first kappa shape index (κ1) is 13.4. The summed E-state index contributed by atoms with van der Waals surface area (Å²) in [5, 5.41) is 0.877. The van der Waals surface area contributed by atoms with Gasteiger partial charge in [0, 0.05) is 18.1 Å². The highest BCUT2D eigenvalue weighted by Gasteiger charge is 2.13. The highest BCUT2D eigenvalue weighted by atomic mass is 16.7. The van der Waals surface area contributed by atoms with Gasteiger partial charge in [0.15, 0.2) is 5.75 Å². The van der Waals surface area contributed by atoms with Gasteiger partial charge in [0.25, 0.3) is 0 Å². The Bertz CT molecular complexity index is 578.